The van der Waals surface area contributed by atoms with Crippen molar-refractivity contribution in [3.8, 4) is 0 Å². The van der Waals surface area contributed by atoms with Gasteiger partial charge in [0.15, 0.2) is 0 Å². The van der Waals surface area contributed by atoms with Crippen molar-refractivity contribution in [1.82, 2.24) is 9.80 Å². The van der Waals surface area contributed by atoms with E-state index >= 15 is 0 Å². The molecule has 0 saturated carbocycles. The van der Waals surface area contributed by atoms with Gasteiger partial charge in [0.2, 0.25) is 5.91 Å². The molecule has 5 heteroatoms. The van der Waals surface area contributed by atoms with E-state index in [1.54, 1.807) is 36.2 Å². The predicted molar refractivity (Wildman–Crippen MR) is 75.2 cm³/mol. The van der Waals surface area contributed by atoms with Gasteiger partial charge in [-0.3, -0.25) is 9.59 Å². The van der Waals surface area contributed by atoms with Gasteiger partial charge in [-0.1, -0.05) is 18.2 Å². The molecule has 1 fully saturated rings. The molecule has 1 aliphatic rings. The third-order valence-corrected chi connectivity index (χ3v) is 3.49. The molecule has 20 heavy (non-hydrogen) atoms. The van der Waals surface area contributed by atoms with Crippen molar-refractivity contribution < 1.29 is 14.7 Å². The van der Waals surface area contributed by atoms with Crippen LogP contribution in [-0.2, 0) is 4.79 Å². The summed E-state index contributed by atoms with van der Waals surface area (Å²) in [6.07, 6.45) is 1.11. The molecule has 1 aromatic carbocycles. The van der Waals surface area contributed by atoms with Gasteiger partial charge in [0, 0.05) is 25.7 Å². The highest BCUT2D eigenvalue weighted by Crippen LogP contribution is 2.10. The quantitative estimate of drug-likeness (QED) is 0.886. The maximum Gasteiger partial charge on any atom is 0.254 e. The molecule has 1 N–H and O–H groups in total. The Morgan fingerprint density at radius 2 is 2.05 bits per heavy atom. The third kappa shape index (κ3) is 3.57. The Kier molecular flexibility index (Phi) is 4.74. The lowest BCUT2D eigenvalue weighted by Gasteiger charge is -2.31. The molecule has 1 aliphatic heterocycles. The fourth-order valence-corrected chi connectivity index (χ4v) is 2.36. The zero-order valence-corrected chi connectivity index (χ0v) is 11.7. The predicted octanol–water partition coefficient (Wildman–Crippen LogP) is 0.742. The summed E-state index contributed by atoms with van der Waals surface area (Å²) in [5.74, 6) is -0.285. The molecular formula is C15H20N2O3. The molecule has 1 aromatic rings. The number of β-amino-alcohol motifs (C(OH)–C–C–N with tert-alkyl or cyclic N) is 1. The lowest BCUT2D eigenvalue weighted by atomic mass is 10.1. The summed E-state index contributed by atoms with van der Waals surface area (Å²) < 4.78 is 0. The molecule has 0 spiro atoms. The highest BCUT2D eigenvalue weighted by atomic mass is 16.3. The molecule has 2 amide bonds. The molecule has 1 atom stereocenters. The number of amides is 2. The number of aliphatic hydroxyl groups excluding tert-OH is 1. The first kappa shape index (κ1) is 14.5. The number of rotatable bonds is 3. The Morgan fingerprint density at radius 1 is 1.35 bits per heavy atom. The normalized spacial score (nSPS) is 18.7. The summed E-state index contributed by atoms with van der Waals surface area (Å²) in [5, 5.41) is 9.58. The second-order valence-electron chi connectivity index (χ2n) is 5.16. The lowest BCUT2D eigenvalue weighted by molar-refractivity contribution is -0.134. The lowest BCUT2D eigenvalue weighted by Crippen LogP contribution is -2.46. The van der Waals surface area contributed by atoms with Gasteiger partial charge >= 0.3 is 0 Å². The van der Waals surface area contributed by atoms with Gasteiger partial charge in [0.05, 0.1) is 12.6 Å². The van der Waals surface area contributed by atoms with Gasteiger partial charge < -0.3 is 14.9 Å². The van der Waals surface area contributed by atoms with E-state index in [9.17, 15) is 14.7 Å². The van der Waals surface area contributed by atoms with Crippen molar-refractivity contribution in [2.75, 3.05) is 26.7 Å². The molecule has 5 nitrogen and oxygen atoms in total. The van der Waals surface area contributed by atoms with Crippen LogP contribution < -0.4 is 0 Å². The number of benzene rings is 1. The van der Waals surface area contributed by atoms with Crippen molar-refractivity contribution in [3.05, 3.63) is 35.9 Å². The summed E-state index contributed by atoms with van der Waals surface area (Å²) in [4.78, 5) is 27.3. The molecular weight excluding hydrogens is 256 g/mol. The van der Waals surface area contributed by atoms with Crippen LogP contribution in [0.25, 0.3) is 0 Å². The van der Waals surface area contributed by atoms with Crippen molar-refractivity contribution in [2.45, 2.75) is 18.9 Å². The zero-order chi connectivity index (χ0) is 14.5. The highest BCUT2D eigenvalue weighted by Gasteiger charge is 2.24. The standard InChI is InChI=1S/C15H20N2O3/c1-16(15(20)12-6-3-2-4-7-12)11-14(19)17-9-5-8-13(18)10-17/h2-4,6-7,13,18H,5,8-11H2,1H3/t13-/m0/s1. The first-order chi connectivity index (χ1) is 9.58. The molecule has 0 radical (unpaired) electrons. The summed E-state index contributed by atoms with van der Waals surface area (Å²) in [5.41, 5.74) is 0.571. The number of hydrogen-bond donors (Lipinski definition) is 1. The molecule has 0 aromatic heterocycles. The van der Waals surface area contributed by atoms with Crippen molar-refractivity contribution >= 4 is 11.8 Å². The zero-order valence-electron chi connectivity index (χ0n) is 11.7. The number of carbonyl (C=O) groups excluding carboxylic acids is 2. The van der Waals surface area contributed by atoms with Crippen LogP contribution in [-0.4, -0.2) is 59.5 Å². The van der Waals surface area contributed by atoms with Gasteiger partial charge in [-0.05, 0) is 25.0 Å². The first-order valence-corrected chi connectivity index (χ1v) is 6.84. The second-order valence-corrected chi connectivity index (χ2v) is 5.16. The van der Waals surface area contributed by atoms with Gasteiger partial charge in [-0.2, -0.15) is 0 Å². The minimum Gasteiger partial charge on any atom is -0.391 e. The van der Waals surface area contributed by atoms with Gasteiger partial charge in [0.1, 0.15) is 0 Å². The van der Waals surface area contributed by atoms with E-state index in [-0.39, 0.29) is 18.4 Å². The summed E-state index contributed by atoms with van der Waals surface area (Å²) >= 11 is 0. The minimum absolute atomic E-state index is 0.0421. The summed E-state index contributed by atoms with van der Waals surface area (Å²) in [7, 11) is 1.62. The van der Waals surface area contributed by atoms with Crippen molar-refractivity contribution in [1.29, 1.82) is 0 Å². The molecule has 1 saturated heterocycles. The third-order valence-electron chi connectivity index (χ3n) is 3.49. The van der Waals surface area contributed by atoms with Crippen LogP contribution in [0, 0.1) is 0 Å². The molecule has 2 rings (SSSR count). The van der Waals surface area contributed by atoms with Crippen LogP contribution in [0.4, 0.5) is 0 Å². The van der Waals surface area contributed by atoms with E-state index in [0.717, 1.165) is 12.8 Å². The number of piperidine rings is 1. The van der Waals surface area contributed by atoms with E-state index in [4.69, 9.17) is 0 Å². The van der Waals surface area contributed by atoms with E-state index in [0.29, 0.717) is 18.7 Å². The van der Waals surface area contributed by atoms with Crippen molar-refractivity contribution in [2.24, 2.45) is 0 Å². The van der Waals surface area contributed by atoms with Crippen LogP contribution in [0.2, 0.25) is 0 Å². The second kappa shape index (κ2) is 6.52. The Labute approximate surface area is 118 Å². The molecule has 0 aliphatic carbocycles. The minimum atomic E-state index is -0.442. The van der Waals surface area contributed by atoms with Gasteiger partial charge in [-0.25, -0.2) is 0 Å². The smallest absolute Gasteiger partial charge is 0.254 e. The molecule has 0 bridgehead atoms. The maximum absolute atomic E-state index is 12.1. The number of likely N-dealkylation sites (N-methyl/N-ethyl adjacent to an activating group) is 1. The highest BCUT2D eigenvalue weighted by molar-refractivity contribution is 5.96. The average molecular weight is 276 g/mol. The van der Waals surface area contributed by atoms with Crippen LogP contribution >= 0.6 is 0 Å². The molecule has 108 valence electrons. The number of aliphatic hydroxyl groups is 1. The number of nitrogens with zero attached hydrogens (tertiary/aromatic N) is 2. The van der Waals surface area contributed by atoms with Gasteiger partial charge in [-0.15, -0.1) is 0 Å². The van der Waals surface area contributed by atoms with E-state index in [2.05, 4.69) is 0 Å². The van der Waals surface area contributed by atoms with Crippen molar-refractivity contribution in [3.63, 3.8) is 0 Å². The van der Waals surface area contributed by atoms with E-state index in [1.807, 2.05) is 6.07 Å². The number of hydrogen-bond acceptors (Lipinski definition) is 3. The number of carbonyl (C=O) groups is 2. The molecule has 1 heterocycles. The molecule has 0 unspecified atom stereocenters. The fraction of sp³-hybridized carbons (Fsp3) is 0.467. The average Bonchev–Trinajstić information content (AvgIpc) is 2.47. The Hall–Kier alpha value is -1.88. The van der Waals surface area contributed by atoms with Crippen LogP contribution in [0.15, 0.2) is 30.3 Å². The van der Waals surface area contributed by atoms with Crippen LogP contribution in [0.3, 0.4) is 0 Å². The Bertz CT molecular complexity index is 475. The fourth-order valence-electron chi connectivity index (χ4n) is 2.36. The van der Waals surface area contributed by atoms with Gasteiger partial charge in [0.25, 0.3) is 5.91 Å². The Balaban J connectivity index is 1.92. The summed E-state index contributed by atoms with van der Waals surface area (Å²) in [6.45, 7) is 1.07. The van der Waals surface area contributed by atoms with Crippen LogP contribution in [0.1, 0.15) is 23.2 Å². The number of likely N-dealkylation sites (tertiary alicyclic amines) is 1. The monoisotopic (exact) mass is 276 g/mol. The van der Waals surface area contributed by atoms with Crippen LogP contribution in [0.5, 0.6) is 0 Å². The Morgan fingerprint density at radius 3 is 2.70 bits per heavy atom. The summed E-state index contributed by atoms with van der Waals surface area (Å²) in [6, 6.07) is 8.90. The largest absolute Gasteiger partial charge is 0.391 e. The SMILES string of the molecule is CN(CC(=O)N1CCC[C@H](O)C1)C(=O)c1ccccc1. The first-order valence-electron chi connectivity index (χ1n) is 6.84. The maximum atomic E-state index is 12.1. The van der Waals surface area contributed by atoms with E-state index in [1.165, 1.54) is 4.90 Å². The van der Waals surface area contributed by atoms with E-state index < -0.39 is 6.10 Å². The topological polar surface area (TPSA) is 60.9 Å².